The van der Waals surface area contributed by atoms with E-state index in [0.29, 0.717) is 0 Å². The van der Waals surface area contributed by atoms with Gasteiger partial charge in [-0.05, 0) is 31.2 Å². The zero-order chi connectivity index (χ0) is 13.1. The Morgan fingerprint density at radius 3 is 2.35 bits per heavy atom. The van der Waals surface area contributed by atoms with Gasteiger partial charge in [0.15, 0.2) is 0 Å². The largest absolute Gasteiger partial charge is 0.468 e. The molecule has 94 valence electrons. The molecule has 0 saturated carbocycles. The minimum absolute atomic E-state index is 0.116. The van der Waals surface area contributed by atoms with Crippen molar-refractivity contribution in [3.8, 4) is 0 Å². The van der Waals surface area contributed by atoms with Gasteiger partial charge in [-0.1, -0.05) is 0 Å². The zero-order valence-corrected chi connectivity index (χ0v) is 10.1. The highest BCUT2D eigenvalue weighted by Gasteiger charge is 2.22. The van der Waals surface area contributed by atoms with Crippen LogP contribution in [0.1, 0.15) is 6.92 Å². The highest BCUT2D eigenvalue weighted by atomic mass is 32.2. The Kier molecular flexibility index (Phi) is 4.19. The number of hydrogen-bond donors (Lipinski definition) is 1. The average molecular weight is 261 g/mol. The lowest BCUT2D eigenvalue weighted by molar-refractivity contribution is -0.142. The van der Waals surface area contributed by atoms with Crippen LogP contribution in [0.25, 0.3) is 0 Å². The van der Waals surface area contributed by atoms with Gasteiger partial charge in [0.05, 0.1) is 12.0 Å². The summed E-state index contributed by atoms with van der Waals surface area (Å²) < 4.78 is 42.6. The number of carbonyl (C=O) groups is 1. The molecule has 0 heterocycles. The predicted octanol–water partition coefficient (Wildman–Crippen LogP) is 0.665. The molecule has 1 atom stereocenters. The van der Waals surface area contributed by atoms with E-state index in [1.54, 1.807) is 0 Å². The lowest BCUT2D eigenvalue weighted by atomic mass is 10.4. The summed E-state index contributed by atoms with van der Waals surface area (Å²) >= 11 is 0. The van der Waals surface area contributed by atoms with Crippen molar-refractivity contribution in [2.45, 2.75) is 17.9 Å². The van der Waals surface area contributed by atoms with Crippen molar-refractivity contribution >= 4 is 16.0 Å². The SMILES string of the molecule is COC(=O)C(C)NS(=O)(=O)c1ccc(F)cc1. The Hall–Kier alpha value is -1.47. The second kappa shape index (κ2) is 5.24. The monoisotopic (exact) mass is 261 g/mol. The molecule has 0 amide bonds. The fourth-order valence-electron chi connectivity index (χ4n) is 1.14. The van der Waals surface area contributed by atoms with E-state index in [0.717, 1.165) is 31.4 Å². The highest BCUT2D eigenvalue weighted by Crippen LogP contribution is 2.10. The van der Waals surface area contributed by atoms with Gasteiger partial charge in [0.25, 0.3) is 0 Å². The Balaban J connectivity index is 2.89. The molecule has 1 unspecified atom stereocenters. The molecule has 0 spiro atoms. The summed E-state index contributed by atoms with van der Waals surface area (Å²) in [6, 6.07) is 3.27. The van der Waals surface area contributed by atoms with Crippen molar-refractivity contribution < 1.29 is 22.3 Å². The van der Waals surface area contributed by atoms with Crippen LogP contribution in [-0.2, 0) is 19.6 Å². The van der Waals surface area contributed by atoms with Gasteiger partial charge in [-0.2, -0.15) is 4.72 Å². The van der Waals surface area contributed by atoms with E-state index in [2.05, 4.69) is 9.46 Å². The molecular weight excluding hydrogens is 249 g/mol. The first-order valence-electron chi connectivity index (χ1n) is 4.72. The quantitative estimate of drug-likeness (QED) is 0.808. The third-order valence-electron chi connectivity index (χ3n) is 2.01. The fraction of sp³-hybridized carbons (Fsp3) is 0.300. The van der Waals surface area contributed by atoms with Crippen LogP contribution in [0.4, 0.5) is 4.39 Å². The topological polar surface area (TPSA) is 72.5 Å². The van der Waals surface area contributed by atoms with E-state index >= 15 is 0 Å². The summed E-state index contributed by atoms with van der Waals surface area (Å²) in [6.45, 7) is 1.35. The lowest BCUT2D eigenvalue weighted by Gasteiger charge is -2.11. The molecule has 1 aromatic rings. The third-order valence-corrected chi connectivity index (χ3v) is 3.57. The van der Waals surface area contributed by atoms with E-state index in [9.17, 15) is 17.6 Å². The molecule has 1 N–H and O–H groups in total. The second-order valence-corrected chi connectivity index (χ2v) is 5.03. The predicted molar refractivity (Wildman–Crippen MR) is 58.2 cm³/mol. The van der Waals surface area contributed by atoms with Crippen LogP contribution in [0.5, 0.6) is 0 Å². The number of benzene rings is 1. The van der Waals surface area contributed by atoms with Gasteiger partial charge in [-0.15, -0.1) is 0 Å². The molecule has 0 bridgehead atoms. The van der Waals surface area contributed by atoms with Crippen molar-refractivity contribution in [1.82, 2.24) is 4.72 Å². The minimum Gasteiger partial charge on any atom is -0.468 e. The van der Waals surface area contributed by atoms with Crippen LogP contribution >= 0.6 is 0 Å². The first-order valence-corrected chi connectivity index (χ1v) is 6.21. The maximum absolute atomic E-state index is 12.6. The van der Waals surface area contributed by atoms with E-state index in [1.165, 1.54) is 6.92 Å². The number of nitrogens with one attached hydrogen (secondary N) is 1. The molecule has 17 heavy (non-hydrogen) atoms. The number of hydrogen-bond acceptors (Lipinski definition) is 4. The fourth-order valence-corrected chi connectivity index (χ4v) is 2.33. The highest BCUT2D eigenvalue weighted by molar-refractivity contribution is 7.89. The number of ether oxygens (including phenoxy) is 1. The summed E-state index contributed by atoms with van der Waals surface area (Å²) in [5.41, 5.74) is 0. The van der Waals surface area contributed by atoms with Gasteiger partial charge in [-0.25, -0.2) is 12.8 Å². The number of halogens is 1. The van der Waals surface area contributed by atoms with E-state index in [1.807, 2.05) is 0 Å². The number of esters is 1. The molecule has 5 nitrogen and oxygen atoms in total. The minimum atomic E-state index is -3.85. The molecule has 1 aromatic carbocycles. The van der Waals surface area contributed by atoms with Crippen LogP contribution < -0.4 is 4.72 Å². The van der Waals surface area contributed by atoms with Crippen LogP contribution in [-0.4, -0.2) is 27.5 Å². The Morgan fingerprint density at radius 1 is 1.35 bits per heavy atom. The van der Waals surface area contributed by atoms with Gasteiger partial charge in [0.1, 0.15) is 11.9 Å². The van der Waals surface area contributed by atoms with E-state index in [-0.39, 0.29) is 4.90 Å². The van der Waals surface area contributed by atoms with Crippen molar-refractivity contribution in [2.24, 2.45) is 0 Å². The Morgan fingerprint density at radius 2 is 1.88 bits per heavy atom. The standard InChI is InChI=1S/C10H12FNO4S/c1-7(10(13)16-2)12-17(14,15)9-5-3-8(11)4-6-9/h3-7,12H,1-2H3. The van der Waals surface area contributed by atoms with Crippen LogP contribution in [0.3, 0.4) is 0 Å². The first kappa shape index (κ1) is 13.6. The third kappa shape index (κ3) is 3.50. The van der Waals surface area contributed by atoms with Crippen LogP contribution in [0.15, 0.2) is 29.2 Å². The number of methoxy groups -OCH3 is 1. The van der Waals surface area contributed by atoms with Crippen molar-refractivity contribution in [3.63, 3.8) is 0 Å². The molecule has 0 aromatic heterocycles. The summed E-state index contributed by atoms with van der Waals surface area (Å²) in [5.74, 6) is -1.24. The van der Waals surface area contributed by atoms with Gasteiger partial charge in [0.2, 0.25) is 10.0 Å². The summed E-state index contributed by atoms with van der Waals surface area (Å²) in [6.07, 6.45) is 0. The normalized spacial score (nSPS) is 13.1. The van der Waals surface area contributed by atoms with E-state index in [4.69, 9.17) is 0 Å². The molecular formula is C10H12FNO4S. The summed E-state index contributed by atoms with van der Waals surface area (Å²) in [7, 11) is -2.69. The van der Waals surface area contributed by atoms with Crippen LogP contribution in [0, 0.1) is 5.82 Å². The van der Waals surface area contributed by atoms with Gasteiger partial charge in [0, 0.05) is 0 Å². The molecule has 0 aliphatic rings. The molecule has 0 aliphatic heterocycles. The maximum atomic E-state index is 12.6. The summed E-state index contributed by atoms with van der Waals surface area (Å²) in [5, 5.41) is 0. The molecule has 0 radical (unpaired) electrons. The van der Waals surface area contributed by atoms with Gasteiger partial charge < -0.3 is 4.74 Å². The van der Waals surface area contributed by atoms with Gasteiger partial charge >= 0.3 is 5.97 Å². The molecule has 7 heteroatoms. The Bertz CT molecular complexity index is 498. The number of rotatable bonds is 4. The number of carbonyl (C=O) groups excluding carboxylic acids is 1. The molecule has 0 aliphatic carbocycles. The van der Waals surface area contributed by atoms with Gasteiger partial charge in [-0.3, -0.25) is 4.79 Å². The van der Waals surface area contributed by atoms with Crippen molar-refractivity contribution in [2.75, 3.05) is 7.11 Å². The Labute approximate surface area is 98.6 Å². The molecule has 0 saturated heterocycles. The van der Waals surface area contributed by atoms with Crippen molar-refractivity contribution in [1.29, 1.82) is 0 Å². The van der Waals surface area contributed by atoms with Crippen LogP contribution in [0.2, 0.25) is 0 Å². The van der Waals surface area contributed by atoms with Crippen molar-refractivity contribution in [3.05, 3.63) is 30.1 Å². The number of sulfonamides is 1. The average Bonchev–Trinajstić information content (AvgIpc) is 2.27. The molecule has 1 rings (SSSR count). The zero-order valence-electron chi connectivity index (χ0n) is 9.31. The first-order chi connectivity index (χ1) is 7.86. The maximum Gasteiger partial charge on any atom is 0.323 e. The molecule has 0 fully saturated rings. The smallest absolute Gasteiger partial charge is 0.323 e. The lowest BCUT2D eigenvalue weighted by Crippen LogP contribution is -2.39. The summed E-state index contributed by atoms with van der Waals surface area (Å²) in [4.78, 5) is 10.9. The second-order valence-electron chi connectivity index (χ2n) is 3.32. The van der Waals surface area contributed by atoms with E-state index < -0.39 is 27.9 Å².